The zero-order valence-corrected chi connectivity index (χ0v) is 20.9. The Bertz CT molecular complexity index is 682. The van der Waals surface area contributed by atoms with Crippen LogP contribution in [0.4, 0.5) is 0 Å². The van der Waals surface area contributed by atoms with Crippen molar-refractivity contribution in [2.24, 2.45) is 40.4 Å². The SMILES string of the molecule is CC.CC(C)C(C)/C=C/CC1CCC2C3=CC=C4CC(O)CCC4(C)C3CCC12C. The average Bonchev–Trinajstić information content (AvgIpc) is 3.06. The van der Waals surface area contributed by atoms with Gasteiger partial charge in [0.15, 0.2) is 0 Å². The van der Waals surface area contributed by atoms with E-state index in [1.165, 1.54) is 44.1 Å². The lowest BCUT2D eigenvalue weighted by molar-refractivity contribution is 0.0453. The van der Waals surface area contributed by atoms with E-state index >= 15 is 0 Å². The van der Waals surface area contributed by atoms with Gasteiger partial charge in [0.1, 0.15) is 0 Å². The Kier molecular flexibility index (Phi) is 7.43. The van der Waals surface area contributed by atoms with Gasteiger partial charge in [0, 0.05) is 0 Å². The number of fused-ring (bicyclic) bond motifs is 5. The molecule has 1 nitrogen and oxygen atoms in total. The van der Waals surface area contributed by atoms with Crippen LogP contribution in [0, 0.1) is 40.4 Å². The van der Waals surface area contributed by atoms with Crippen LogP contribution in [0.25, 0.3) is 0 Å². The second-order valence-corrected chi connectivity index (χ2v) is 11.4. The van der Waals surface area contributed by atoms with Crippen LogP contribution in [-0.4, -0.2) is 11.2 Å². The van der Waals surface area contributed by atoms with Crippen LogP contribution < -0.4 is 0 Å². The molecular formula is C29H48O. The number of hydrogen-bond donors (Lipinski definition) is 1. The first-order valence-electron chi connectivity index (χ1n) is 13.0. The minimum atomic E-state index is -0.112. The molecule has 0 aromatic heterocycles. The zero-order valence-electron chi connectivity index (χ0n) is 20.9. The predicted molar refractivity (Wildman–Crippen MR) is 130 cm³/mol. The standard InChI is InChI=1S/C27H42O.C2H6/c1-18(2)19(3)7-6-8-20-10-12-24-23-11-9-21-17-22(28)13-15-27(21,5)25(23)14-16-26(20,24)4;1-2/h6-7,9,11,18-20,22,24-25,28H,8,10,12-17H2,1-5H3;1-2H3/b7-6+;. The van der Waals surface area contributed by atoms with Gasteiger partial charge in [0.2, 0.25) is 0 Å². The smallest absolute Gasteiger partial charge is 0.0578 e. The van der Waals surface area contributed by atoms with Crippen LogP contribution in [0.3, 0.4) is 0 Å². The predicted octanol–water partition coefficient (Wildman–Crippen LogP) is 8.11. The fraction of sp³-hybridized carbons (Fsp3) is 0.793. The molecule has 7 unspecified atom stereocenters. The van der Waals surface area contributed by atoms with E-state index < -0.39 is 0 Å². The van der Waals surface area contributed by atoms with E-state index in [2.05, 4.69) is 58.9 Å². The maximum Gasteiger partial charge on any atom is 0.0578 e. The molecule has 0 amide bonds. The van der Waals surface area contributed by atoms with Crippen LogP contribution in [0.1, 0.15) is 99.8 Å². The third kappa shape index (κ3) is 4.13. The fourth-order valence-electron chi connectivity index (χ4n) is 7.16. The maximum atomic E-state index is 10.2. The summed E-state index contributed by atoms with van der Waals surface area (Å²) in [5.41, 5.74) is 4.11. The number of aliphatic hydroxyl groups is 1. The van der Waals surface area contributed by atoms with Crippen molar-refractivity contribution in [2.45, 2.75) is 106 Å². The van der Waals surface area contributed by atoms with Crippen LogP contribution in [0.5, 0.6) is 0 Å². The van der Waals surface area contributed by atoms with Gasteiger partial charge in [-0.1, -0.05) is 83.9 Å². The van der Waals surface area contributed by atoms with E-state index in [1.54, 1.807) is 5.57 Å². The quantitative estimate of drug-likeness (QED) is 0.462. The van der Waals surface area contributed by atoms with Gasteiger partial charge in [-0.05, 0) is 91.8 Å². The van der Waals surface area contributed by atoms with E-state index in [0.717, 1.165) is 36.5 Å². The molecule has 4 aliphatic rings. The molecule has 4 aliphatic carbocycles. The summed E-state index contributed by atoms with van der Waals surface area (Å²) in [5.74, 6) is 3.79. The molecule has 0 saturated heterocycles. The number of hydrogen-bond acceptors (Lipinski definition) is 1. The molecule has 3 fully saturated rings. The maximum absolute atomic E-state index is 10.2. The lowest BCUT2D eigenvalue weighted by atomic mass is 9.50. The van der Waals surface area contributed by atoms with E-state index in [4.69, 9.17) is 0 Å². The summed E-state index contributed by atoms with van der Waals surface area (Å²) in [7, 11) is 0. The van der Waals surface area contributed by atoms with Crippen molar-refractivity contribution in [2.75, 3.05) is 0 Å². The summed E-state index contributed by atoms with van der Waals surface area (Å²) in [6, 6.07) is 0. The number of aliphatic hydroxyl groups excluding tert-OH is 1. The van der Waals surface area contributed by atoms with Gasteiger partial charge in [0.05, 0.1) is 6.10 Å². The summed E-state index contributed by atoms with van der Waals surface area (Å²) >= 11 is 0. The van der Waals surface area contributed by atoms with E-state index in [-0.39, 0.29) is 6.10 Å². The normalized spacial score (nSPS) is 41.2. The molecule has 0 radical (unpaired) electrons. The highest BCUT2D eigenvalue weighted by atomic mass is 16.3. The molecule has 0 spiro atoms. The van der Waals surface area contributed by atoms with E-state index in [1.807, 2.05) is 13.8 Å². The Morgan fingerprint density at radius 1 is 1.00 bits per heavy atom. The van der Waals surface area contributed by atoms with Crippen molar-refractivity contribution in [3.05, 3.63) is 35.5 Å². The minimum Gasteiger partial charge on any atom is -0.393 e. The fourth-order valence-corrected chi connectivity index (χ4v) is 7.16. The van der Waals surface area contributed by atoms with Gasteiger partial charge in [-0.15, -0.1) is 0 Å². The Morgan fingerprint density at radius 2 is 1.73 bits per heavy atom. The van der Waals surface area contributed by atoms with E-state index in [9.17, 15) is 5.11 Å². The highest BCUT2D eigenvalue weighted by Crippen LogP contribution is 2.65. The molecule has 1 heteroatoms. The van der Waals surface area contributed by atoms with Crippen molar-refractivity contribution >= 4 is 0 Å². The van der Waals surface area contributed by atoms with Crippen molar-refractivity contribution in [1.29, 1.82) is 0 Å². The van der Waals surface area contributed by atoms with Gasteiger partial charge in [-0.2, -0.15) is 0 Å². The van der Waals surface area contributed by atoms with Crippen LogP contribution in [0.2, 0.25) is 0 Å². The minimum absolute atomic E-state index is 0.112. The first kappa shape index (κ1) is 23.8. The first-order valence-corrected chi connectivity index (χ1v) is 13.0. The van der Waals surface area contributed by atoms with Crippen molar-refractivity contribution in [3.63, 3.8) is 0 Å². The summed E-state index contributed by atoms with van der Waals surface area (Å²) in [4.78, 5) is 0. The topological polar surface area (TPSA) is 20.2 Å². The van der Waals surface area contributed by atoms with Crippen molar-refractivity contribution < 1.29 is 5.11 Å². The molecule has 0 heterocycles. The van der Waals surface area contributed by atoms with Gasteiger partial charge in [-0.25, -0.2) is 0 Å². The first-order chi connectivity index (χ1) is 14.3. The van der Waals surface area contributed by atoms with Crippen LogP contribution in [0.15, 0.2) is 35.5 Å². The number of rotatable bonds is 4. The molecule has 4 rings (SSSR count). The molecular weight excluding hydrogens is 364 g/mol. The van der Waals surface area contributed by atoms with Gasteiger partial charge in [0.25, 0.3) is 0 Å². The number of allylic oxidation sites excluding steroid dienone is 5. The molecule has 0 aliphatic heterocycles. The lowest BCUT2D eigenvalue weighted by Gasteiger charge is -2.54. The Labute approximate surface area is 187 Å². The van der Waals surface area contributed by atoms with Crippen molar-refractivity contribution in [1.82, 2.24) is 0 Å². The largest absolute Gasteiger partial charge is 0.393 e. The summed E-state index contributed by atoms with van der Waals surface area (Å²) in [5, 5.41) is 10.2. The molecule has 0 bridgehead atoms. The van der Waals surface area contributed by atoms with Gasteiger partial charge >= 0.3 is 0 Å². The van der Waals surface area contributed by atoms with Crippen molar-refractivity contribution in [3.8, 4) is 0 Å². The third-order valence-corrected chi connectivity index (χ3v) is 9.65. The highest BCUT2D eigenvalue weighted by molar-refractivity contribution is 5.38. The molecule has 0 aromatic carbocycles. The summed E-state index contributed by atoms with van der Waals surface area (Å²) in [6.07, 6.45) is 19.6. The second-order valence-electron chi connectivity index (χ2n) is 11.4. The summed E-state index contributed by atoms with van der Waals surface area (Å²) < 4.78 is 0. The van der Waals surface area contributed by atoms with Gasteiger partial charge < -0.3 is 5.11 Å². The molecule has 170 valence electrons. The van der Waals surface area contributed by atoms with Crippen LogP contribution >= 0.6 is 0 Å². The summed E-state index contributed by atoms with van der Waals surface area (Å²) in [6.45, 7) is 16.1. The highest BCUT2D eigenvalue weighted by Gasteiger charge is 2.55. The molecule has 7 atom stereocenters. The average molecular weight is 413 g/mol. The lowest BCUT2D eigenvalue weighted by Crippen LogP contribution is -2.45. The third-order valence-electron chi connectivity index (χ3n) is 9.65. The Balaban J connectivity index is 0.00000124. The molecule has 1 N–H and O–H groups in total. The Morgan fingerprint density at radius 3 is 2.43 bits per heavy atom. The van der Waals surface area contributed by atoms with Gasteiger partial charge in [-0.3, -0.25) is 0 Å². The van der Waals surface area contributed by atoms with E-state index in [0.29, 0.717) is 16.7 Å². The molecule has 0 aromatic rings. The molecule has 30 heavy (non-hydrogen) atoms. The second kappa shape index (κ2) is 9.35. The monoisotopic (exact) mass is 412 g/mol. The molecule has 3 saturated carbocycles. The zero-order chi connectivity index (χ0) is 22.1. The Hall–Kier alpha value is -0.820. The van der Waals surface area contributed by atoms with Crippen LogP contribution in [-0.2, 0) is 0 Å².